The van der Waals surface area contributed by atoms with Crippen molar-refractivity contribution in [2.75, 3.05) is 13.1 Å². The Morgan fingerprint density at radius 3 is 2.60 bits per heavy atom. The van der Waals surface area contributed by atoms with Crippen LogP contribution in [0.15, 0.2) is 29.3 Å². The van der Waals surface area contributed by atoms with E-state index in [1.807, 2.05) is 0 Å². The van der Waals surface area contributed by atoms with Gasteiger partial charge in [0.05, 0.1) is 0 Å². The maximum atomic E-state index is 11.9. The van der Waals surface area contributed by atoms with Crippen molar-refractivity contribution in [3.63, 3.8) is 0 Å². The third-order valence-corrected chi connectivity index (χ3v) is 3.73. The lowest BCUT2D eigenvalue weighted by atomic mass is 10.1. The standard InChI is InChI=1S/C17H22N4O4/c1-11(16(24)25)20-15(23)13-6-3-12(4-7-13)5-8-14(22)21-17-18-9-2-10-19-17/h3-4,6-7,11H,2,5,8-10H2,1H3,(H,20,23)(H,24,25)(H2,18,19,21,22). The Kier molecular flexibility index (Phi) is 6.50. The number of hydrogen-bond acceptors (Lipinski definition) is 5. The SMILES string of the molecule is CC(NC(=O)c1ccc(CCC(=O)NC2=NCCCN2)cc1)C(=O)O. The van der Waals surface area contributed by atoms with Gasteiger partial charge < -0.3 is 15.7 Å². The predicted molar refractivity (Wildman–Crippen MR) is 92.4 cm³/mol. The van der Waals surface area contributed by atoms with E-state index in [-0.39, 0.29) is 5.91 Å². The number of aliphatic imine (C=N–C) groups is 1. The number of nitrogens with one attached hydrogen (secondary N) is 3. The lowest BCUT2D eigenvalue weighted by Crippen LogP contribution is -2.43. The Hall–Kier alpha value is -2.90. The van der Waals surface area contributed by atoms with E-state index in [1.54, 1.807) is 24.3 Å². The van der Waals surface area contributed by atoms with E-state index >= 15 is 0 Å². The molecule has 0 radical (unpaired) electrons. The quantitative estimate of drug-likeness (QED) is 0.590. The summed E-state index contributed by atoms with van der Waals surface area (Å²) in [5.41, 5.74) is 1.29. The summed E-state index contributed by atoms with van der Waals surface area (Å²) in [6.07, 6.45) is 1.80. The molecule has 1 heterocycles. The average Bonchev–Trinajstić information content (AvgIpc) is 2.61. The van der Waals surface area contributed by atoms with Crippen LogP contribution in [0.2, 0.25) is 0 Å². The van der Waals surface area contributed by atoms with Gasteiger partial charge >= 0.3 is 5.97 Å². The van der Waals surface area contributed by atoms with Crippen molar-refractivity contribution in [2.24, 2.45) is 4.99 Å². The summed E-state index contributed by atoms with van der Waals surface area (Å²) in [4.78, 5) is 38.7. The third-order valence-electron chi connectivity index (χ3n) is 3.73. The van der Waals surface area contributed by atoms with Gasteiger partial charge in [-0.1, -0.05) is 12.1 Å². The molecule has 8 heteroatoms. The van der Waals surface area contributed by atoms with Gasteiger partial charge in [-0.05, 0) is 37.5 Å². The highest BCUT2D eigenvalue weighted by molar-refractivity contribution is 5.97. The van der Waals surface area contributed by atoms with Crippen LogP contribution in [0.3, 0.4) is 0 Å². The first-order valence-corrected chi connectivity index (χ1v) is 8.16. The number of guanidine groups is 1. The fourth-order valence-corrected chi connectivity index (χ4v) is 2.23. The molecular weight excluding hydrogens is 324 g/mol. The van der Waals surface area contributed by atoms with Crippen LogP contribution < -0.4 is 16.0 Å². The molecule has 0 saturated heterocycles. The maximum Gasteiger partial charge on any atom is 0.325 e. The first kappa shape index (κ1) is 18.4. The molecule has 2 rings (SSSR count). The first-order valence-electron chi connectivity index (χ1n) is 8.16. The number of carbonyl (C=O) groups is 3. The van der Waals surface area contributed by atoms with Crippen LogP contribution in [-0.2, 0) is 16.0 Å². The molecule has 0 bridgehead atoms. The van der Waals surface area contributed by atoms with Crippen LogP contribution in [0.5, 0.6) is 0 Å². The Bertz CT molecular complexity index is 670. The topological polar surface area (TPSA) is 120 Å². The normalized spacial score (nSPS) is 14.7. The third kappa shape index (κ3) is 5.91. The molecule has 0 spiro atoms. The van der Waals surface area contributed by atoms with Crippen molar-refractivity contribution >= 4 is 23.7 Å². The molecule has 1 aromatic rings. The van der Waals surface area contributed by atoms with Gasteiger partial charge in [0.25, 0.3) is 5.91 Å². The number of carbonyl (C=O) groups excluding carboxylic acids is 2. The summed E-state index contributed by atoms with van der Waals surface area (Å²) >= 11 is 0. The number of nitrogens with zero attached hydrogens (tertiary/aromatic N) is 1. The lowest BCUT2D eigenvalue weighted by molar-refractivity contribution is -0.138. The summed E-state index contributed by atoms with van der Waals surface area (Å²) in [7, 11) is 0. The van der Waals surface area contributed by atoms with Gasteiger partial charge in [0.1, 0.15) is 6.04 Å². The van der Waals surface area contributed by atoms with Crippen molar-refractivity contribution in [1.29, 1.82) is 0 Å². The van der Waals surface area contributed by atoms with Gasteiger partial charge in [-0.2, -0.15) is 0 Å². The van der Waals surface area contributed by atoms with Crippen molar-refractivity contribution in [3.05, 3.63) is 35.4 Å². The molecule has 4 N–H and O–H groups in total. The molecule has 0 aliphatic carbocycles. The number of benzene rings is 1. The van der Waals surface area contributed by atoms with Crippen molar-refractivity contribution in [2.45, 2.75) is 32.2 Å². The second-order valence-corrected chi connectivity index (χ2v) is 5.79. The van der Waals surface area contributed by atoms with Crippen LogP contribution in [0.4, 0.5) is 0 Å². The fraction of sp³-hybridized carbons (Fsp3) is 0.412. The fourth-order valence-electron chi connectivity index (χ4n) is 2.23. The van der Waals surface area contributed by atoms with Crippen molar-refractivity contribution in [3.8, 4) is 0 Å². The minimum Gasteiger partial charge on any atom is -0.480 e. The van der Waals surface area contributed by atoms with Gasteiger partial charge in [-0.25, -0.2) is 0 Å². The largest absolute Gasteiger partial charge is 0.480 e. The molecule has 1 aliphatic rings. The molecular formula is C17H22N4O4. The predicted octanol–water partition coefficient (Wildman–Crippen LogP) is 0.288. The summed E-state index contributed by atoms with van der Waals surface area (Å²) in [6.45, 7) is 2.93. The summed E-state index contributed by atoms with van der Waals surface area (Å²) in [5, 5.41) is 16.9. The Balaban J connectivity index is 1.81. The molecule has 0 saturated carbocycles. The van der Waals surface area contributed by atoms with Gasteiger partial charge in [-0.15, -0.1) is 0 Å². The molecule has 0 aromatic heterocycles. The highest BCUT2D eigenvalue weighted by Crippen LogP contribution is 2.07. The zero-order valence-electron chi connectivity index (χ0n) is 14.0. The Labute approximate surface area is 145 Å². The number of carboxylic acid groups (broad SMARTS) is 1. The molecule has 25 heavy (non-hydrogen) atoms. The van der Waals surface area contributed by atoms with Crippen LogP contribution >= 0.6 is 0 Å². The monoisotopic (exact) mass is 346 g/mol. The minimum absolute atomic E-state index is 0.120. The van der Waals surface area contributed by atoms with Gasteiger partial charge in [0.2, 0.25) is 5.91 Å². The summed E-state index contributed by atoms with van der Waals surface area (Å²) in [6, 6.07) is 5.79. The maximum absolute atomic E-state index is 11.9. The van der Waals surface area contributed by atoms with Crippen molar-refractivity contribution in [1.82, 2.24) is 16.0 Å². The first-order chi connectivity index (χ1) is 12.0. The number of hydrogen-bond donors (Lipinski definition) is 4. The highest BCUT2D eigenvalue weighted by Gasteiger charge is 2.15. The van der Waals surface area contributed by atoms with Crippen molar-refractivity contribution < 1.29 is 19.5 Å². The highest BCUT2D eigenvalue weighted by atomic mass is 16.4. The molecule has 2 amide bonds. The minimum atomic E-state index is -1.09. The molecule has 0 fully saturated rings. The van der Waals surface area contributed by atoms with Crippen LogP contribution in [0, 0.1) is 0 Å². The number of aliphatic carboxylic acids is 1. The van der Waals surface area contributed by atoms with E-state index in [0.717, 1.165) is 18.5 Å². The molecule has 134 valence electrons. The van der Waals surface area contributed by atoms with Gasteiger partial charge in [-0.3, -0.25) is 24.7 Å². The van der Waals surface area contributed by atoms with E-state index in [9.17, 15) is 14.4 Å². The summed E-state index contributed by atoms with van der Waals surface area (Å²) in [5.74, 6) is -1.13. The molecule has 1 atom stereocenters. The smallest absolute Gasteiger partial charge is 0.325 e. The van der Waals surface area contributed by atoms with Crippen LogP contribution in [-0.4, -0.2) is 48.0 Å². The van der Waals surface area contributed by atoms with Crippen LogP contribution in [0.25, 0.3) is 0 Å². The number of aryl methyl sites for hydroxylation is 1. The average molecular weight is 346 g/mol. The Morgan fingerprint density at radius 1 is 1.28 bits per heavy atom. The molecule has 1 aliphatic heterocycles. The molecule has 1 aromatic carbocycles. The van der Waals surface area contributed by atoms with E-state index in [0.29, 0.717) is 30.9 Å². The number of carboxylic acids is 1. The molecule has 8 nitrogen and oxygen atoms in total. The second kappa shape index (κ2) is 8.81. The van der Waals surface area contributed by atoms with E-state index in [2.05, 4.69) is 20.9 Å². The summed E-state index contributed by atoms with van der Waals surface area (Å²) < 4.78 is 0. The van der Waals surface area contributed by atoms with Crippen LogP contribution in [0.1, 0.15) is 35.7 Å². The van der Waals surface area contributed by atoms with Gasteiger partial charge in [0, 0.05) is 25.1 Å². The van der Waals surface area contributed by atoms with E-state index in [4.69, 9.17) is 5.11 Å². The number of amides is 2. The lowest BCUT2D eigenvalue weighted by Gasteiger charge is -2.15. The van der Waals surface area contributed by atoms with Gasteiger partial charge in [0.15, 0.2) is 5.96 Å². The molecule has 1 unspecified atom stereocenters. The zero-order chi connectivity index (χ0) is 18.2. The number of rotatable bonds is 6. The Morgan fingerprint density at radius 2 is 2.00 bits per heavy atom. The van der Waals surface area contributed by atoms with E-state index < -0.39 is 17.9 Å². The zero-order valence-corrected chi connectivity index (χ0v) is 14.0. The van der Waals surface area contributed by atoms with E-state index in [1.165, 1.54) is 6.92 Å². The second-order valence-electron chi connectivity index (χ2n) is 5.79.